The third-order valence-corrected chi connectivity index (χ3v) is 5.35. The fourth-order valence-electron chi connectivity index (χ4n) is 4.47. The van der Waals surface area contributed by atoms with Crippen molar-refractivity contribution in [2.75, 3.05) is 19.6 Å². The quantitative estimate of drug-likeness (QED) is 0.854. The molecule has 2 nitrogen and oxygen atoms in total. The molecule has 0 unspecified atom stereocenters. The topological polar surface area (TPSA) is 15.3 Å². The van der Waals surface area contributed by atoms with Crippen LogP contribution < -0.4 is 5.32 Å². The zero-order valence-corrected chi connectivity index (χ0v) is 10.9. The molecule has 18 heavy (non-hydrogen) atoms. The number of likely N-dealkylation sites (tertiary alicyclic amines) is 1. The lowest BCUT2D eigenvalue weighted by Crippen LogP contribution is -2.54. The smallest absolute Gasteiger partial charge is 0.0233 e. The van der Waals surface area contributed by atoms with Crippen molar-refractivity contribution in [2.45, 2.75) is 25.4 Å². The molecule has 1 aliphatic carbocycles. The molecule has 4 aliphatic rings. The van der Waals surface area contributed by atoms with E-state index in [2.05, 4.69) is 40.5 Å². The Balaban J connectivity index is 1.47. The van der Waals surface area contributed by atoms with Crippen LogP contribution >= 0.6 is 0 Å². The number of nitrogens with one attached hydrogen (secondary N) is 1. The first-order valence-electron chi connectivity index (χ1n) is 7.40. The SMILES string of the molecule is c1ccc(CN2C[C@@H]3[C@H]4CC[C@@H](NC4)[C@@H]3C2)cc1. The predicted molar refractivity (Wildman–Crippen MR) is 73.2 cm³/mol. The van der Waals surface area contributed by atoms with Crippen LogP contribution in [0.5, 0.6) is 0 Å². The largest absolute Gasteiger partial charge is 0.313 e. The van der Waals surface area contributed by atoms with Crippen LogP contribution in [0.3, 0.4) is 0 Å². The Morgan fingerprint density at radius 3 is 2.61 bits per heavy atom. The second-order valence-electron chi connectivity index (χ2n) is 6.36. The lowest BCUT2D eigenvalue weighted by molar-refractivity contribution is 0.0926. The van der Waals surface area contributed by atoms with Crippen LogP contribution in [0.25, 0.3) is 0 Å². The van der Waals surface area contributed by atoms with Crippen LogP contribution in [0.15, 0.2) is 30.3 Å². The van der Waals surface area contributed by atoms with E-state index in [1.165, 1.54) is 38.0 Å². The predicted octanol–water partition coefficient (Wildman–Crippen LogP) is 2.12. The van der Waals surface area contributed by atoms with Crippen LogP contribution in [-0.4, -0.2) is 30.6 Å². The van der Waals surface area contributed by atoms with Gasteiger partial charge in [0.05, 0.1) is 0 Å². The van der Waals surface area contributed by atoms with Gasteiger partial charge in [0.25, 0.3) is 0 Å². The van der Waals surface area contributed by atoms with Crippen molar-refractivity contribution in [3.05, 3.63) is 35.9 Å². The first-order valence-corrected chi connectivity index (χ1v) is 7.40. The molecule has 2 heteroatoms. The molecule has 4 fully saturated rings. The van der Waals surface area contributed by atoms with Crippen LogP contribution in [0, 0.1) is 17.8 Å². The molecule has 3 aliphatic heterocycles. The maximum absolute atomic E-state index is 3.75. The van der Waals surface area contributed by atoms with Crippen molar-refractivity contribution in [3.8, 4) is 0 Å². The summed E-state index contributed by atoms with van der Waals surface area (Å²) in [5.74, 6) is 2.87. The van der Waals surface area contributed by atoms with Gasteiger partial charge in [0.15, 0.2) is 0 Å². The molecule has 4 atom stereocenters. The normalized spacial score (nSPS) is 38.9. The van der Waals surface area contributed by atoms with Crippen molar-refractivity contribution in [2.24, 2.45) is 17.8 Å². The second kappa shape index (κ2) is 4.36. The summed E-state index contributed by atoms with van der Waals surface area (Å²) >= 11 is 0. The van der Waals surface area contributed by atoms with E-state index in [0.717, 1.165) is 30.3 Å². The summed E-state index contributed by atoms with van der Waals surface area (Å²) < 4.78 is 0. The number of piperidine rings is 2. The van der Waals surface area contributed by atoms with E-state index in [9.17, 15) is 0 Å². The Bertz CT molecular complexity index is 388. The summed E-state index contributed by atoms with van der Waals surface area (Å²) in [7, 11) is 0. The maximum Gasteiger partial charge on any atom is 0.0233 e. The molecule has 2 bridgehead atoms. The summed E-state index contributed by atoms with van der Waals surface area (Å²) in [5, 5.41) is 3.75. The van der Waals surface area contributed by atoms with Gasteiger partial charge >= 0.3 is 0 Å². The van der Waals surface area contributed by atoms with E-state index in [1.54, 1.807) is 0 Å². The molecule has 1 aromatic rings. The molecule has 3 heterocycles. The summed E-state index contributed by atoms with van der Waals surface area (Å²) in [5.41, 5.74) is 1.47. The Hall–Kier alpha value is -0.860. The van der Waals surface area contributed by atoms with Gasteiger partial charge in [-0.05, 0) is 42.7 Å². The third kappa shape index (κ3) is 1.79. The fourth-order valence-corrected chi connectivity index (χ4v) is 4.47. The number of fused-ring (bicyclic) bond motifs is 2. The molecule has 1 aromatic carbocycles. The van der Waals surface area contributed by atoms with E-state index in [-0.39, 0.29) is 0 Å². The van der Waals surface area contributed by atoms with E-state index in [4.69, 9.17) is 0 Å². The number of rotatable bonds is 2. The van der Waals surface area contributed by atoms with Crippen LogP contribution in [0.1, 0.15) is 18.4 Å². The standard InChI is InChI=1S/C16H22N2/c1-2-4-12(5-3-1)9-18-10-14-13-6-7-16(17-8-13)15(14)11-18/h1-5,13-17H,6-11H2/t13-,14+,15+,16+/m0/s1. The van der Waals surface area contributed by atoms with Crippen molar-refractivity contribution in [1.29, 1.82) is 0 Å². The van der Waals surface area contributed by atoms with Crippen molar-refractivity contribution in [3.63, 3.8) is 0 Å². The molecule has 0 spiro atoms. The van der Waals surface area contributed by atoms with Crippen LogP contribution in [-0.2, 0) is 6.54 Å². The van der Waals surface area contributed by atoms with Crippen LogP contribution in [0.4, 0.5) is 0 Å². The van der Waals surface area contributed by atoms with Gasteiger partial charge in [-0.1, -0.05) is 30.3 Å². The summed E-state index contributed by atoms with van der Waals surface area (Å²) in [6, 6.07) is 11.8. The third-order valence-electron chi connectivity index (χ3n) is 5.35. The maximum atomic E-state index is 3.75. The Morgan fingerprint density at radius 1 is 1.06 bits per heavy atom. The fraction of sp³-hybridized carbons (Fsp3) is 0.625. The molecule has 1 N–H and O–H groups in total. The minimum absolute atomic E-state index is 0.820. The van der Waals surface area contributed by atoms with Crippen molar-refractivity contribution >= 4 is 0 Å². The summed E-state index contributed by atoms with van der Waals surface area (Å²) in [6.07, 6.45) is 2.89. The van der Waals surface area contributed by atoms with E-state index in [0.29, 0.717) is 0 Å². The Kier molecular flexibility index (Phi) is 2.66. The molecule has 5 rings (SSSR count). The summed E-state index contributed by atoms with van der Waals surface area (Å²) in [6.45, 7) is 5.08. The van der Waals surface area contributed by atoms with Gasteiger partial charge in [0.1, 0.15) is 0 Å². The summed E-state index contributed by atoms with van der Waals surface area (Å²) in [4.78, 5) is 2.68. The van der Waals surface area contributed by atoms with Crippen molar-refractivity contribution in [1.82, 2.24) is 10.2 Å². The second-order valence-corrected chi connectivity index (χ2v) is 6.36. The lowest BCUT2D eigenvalue weighted by atomic mass is 9.68. The monoisotopic (exact) mass is 242 g/mol. The molecular weight excluding hydrogens is 220 g/mol. The first-order chi connectivity index (χ1) is 8.90. The van der Waals surface area contributed by atoms with E-state index < -0.39 is 0 Å². The average molecular weight is 242 g/mol. The molecule has 1 saturated carbocycles. The molecule has 0 aromatic heterocycles. The zero-order valence-electron chi connectivity index (χ0n) is 10.9. The molecule has 96 valence electrons. The lowest BCUT2D eigenvalue weighted by Gasteiger charge is -2.45. The zero-order chi connectivity index (χ0) is 11.9. The molecule has 0 radical (unpaired) electrons. The van der Waals surface area contributed by atoms with Gasteiger partial charge in [0.2, 0.25) is 0 Å². The van der Waals surface area contributed by atoms with Gasteiger partial charge in [-0.3, -0.25) is 4.90 Å². The Labute approximate surface area is 109 Å². The van der Waals surface area contributed by atoms with Gasteiger partial charge in [-0.25, -0.2) is 0 Å². The van der Waals surface area contributed by atoms with E-state index in [1.807, 2.05) is 0 Å². The first kappa shape index (κ1) is 11.0. The molecule has 0 amide bonds. The van der Waals surface area contributed by atoms with Gasteiger partial charge in [-0.2, -0.15) is 0 Å². The molecule has 3 saturated heterocycles. The number of hydrogen-bond donors (Lipinski definition) is 1. The van der Waals surface area contributed by atoms with Crippen LogP contribution in [0.2, 0.25) is 0 Å². The Morgan fingerprint density at radius 2 is 1.89 bits per heavy atom. The molecular formula is C16H22N2. The average Bonchev–Trinajstić information content (AvgIpc) is 2.86. The van der Waals surface area contributed by atoms with Gasteiger partial charge < -0.3 is 5.32 Å². The highest BCUT2D eigenvalue weighted by molar-refractivity contribution is 5.15. The van der Waals surface area contributed by atoms with E-state index >= 15 is 0 Å². The highest BCUT2D eigenvalue weighted by Crippen LogP contribution is 2.43. The minimum atomic E-state index is 0.820. The van der Waals surface area contributed by atoms with Gasteiger partial charge in [0, 0.05) is 25.7 Å². The number of nitrogens with zero attached hydrogens (tertiary/aromatic N) is 1. The number of hydrogen-bond acceptors (Lipinski definition) is 2. The van der Waals surface area contributed by atoms with Crippen molar-refractivity contribution < 1.29 is 0 Å². The van der Waals surface area contributed by atoms with Gasteiger partial charge in [-0.15, -0.1) is 0 Å². The number of benzene rings is 1. The highest BCUT2D eigenvalue weighted by Gasteiger charge is 2.47. The highest BCUT2D eigenvalue weighted by atomic mass is 15.2. The minimum Gasteiger partial charge on any atom is -0.313 e.